The average Bonchev–Trinajstić information content (AvgIpc) is 2.25. The van der Waals surface area contributed by atoms with Crippen LogP contribution in [-0.2, 0) is 9.53 Å². The predicted molar refractivity (Wildman–Crippen MR) is 55.6 cm³/mol. The van der Waals surface area contributed by atoms with Crippen LogP contribution in [-0.4, -0.2) is 30.3 Å². The summed E-state index contributed by atoms with van der Waals surface area (Å²) < 4.78 is 103. The van der Waals surface area contributed by atoms with Crippen LogP contribution in [0.4, 0.5) is 35.1 Å². The second kappa shape index (κ2) is 5.96. The fourth-order valence-corrected chi connectivity index (χ4v) is 0.961. The van der Waals surface area contributed by atoms with Gasteiger partial charge in [0.1, 0.15) is 0 Å². The lowest BCUT2D eigenvalue weighted by Crippen LogP contribution is -2.47. The van der Waals surface area contributed by atoms with Crippen molar-refractivity contribution < 1.29 is 44.7 Å². The minimum Gasteiger partial charge on any atom is -0.424 e. The SMILES string of the molecule is CCC(C)(C)C(=O)OC(F)C(F)(F)CC(F)(F)C(F)(F)F. The molecule has 0 amide bonds. The topological polar surface area (TPSA) is 26.3 Å². The summed E-state index contributed by atoms with van der Waals surface area (Å²) in [6, 6.07) is 0. The highest BCUT2D eigenvalue weighted by Crippen LogP contribution is 2.44. The molecule has 0 rings (SSSR count). The molecule has 0 saturated carbocycles. The fraction of sp³-hybridized carbons (Fsp3) is 0.909. The molecule has 0 saturated heterocycles. The molecule has 1 unspecified atom stereocenters. The second-order valence-corrected chi connectivity index (χ2v) is 5.10. The smallest absolute Gasteiger partial charge is 0.424 e. The fourth-order valence-electron chi connectivity index (χ4n) is 0.961. The van der Waals surface area contributed by atoms with Crippen molar-refractivity contribution in [2.45, 2.75) is 58.0 Å². The Labute approximate surface area is 115 Å². The lowest BCUT2D eigenvalue weighted by molar-refractivity contribution is -0.313. The van der Waals surface area contributed by atoms with Crippen LogP contribution in [0.3, 0.4) is 0 Å². The lowest BCUT2D eigenvalue weighted by atomic mass is 9.91. The number of hydrogen-bond donors (Lipinski definition) is 0. The Morgan fingerprint density at radius 2 is 1.48 bits per heavy atom. The van der Waals surface area contributed by atoms with Gasteiger partial charge in [-0.2, -0.15) is 35.1 Å². The number of alkyl halides is 8. The van der Waals surface area contributed by atoms with E-state index in [2.05, 4.69) is 4.74 Å². The molecule has 0 radical (unpaired) electrons. The van der Waals surface area contributed by atoms with Crippen LogP contribution in [0.2, 0.25) is 0 Å². The van der Waals surface area contributed by atoms with Crippen LogP contribution in [0.25, 0.3) is 0 Å². The molecule has 0 bridgehead atoms. The standard InChI is InChI=1S/C11H14F8O2/c1-4-8(2,3)7(20)21-6(12)9(13,14)5-10(15,16)11(17,18)19/h6H,4-5H2,1-3H3. The first-order valence-electron chi connectivity index (χ1n) is 5.74. The van der Waals surface area contributed by atoms with Crippen molar-refractivity contribution in [2.24, 2.45) is 5.41 Å². The number of rotatable bonds is 6. The Bertz CT molecular complexity index is 375. The van der Waals surface area contributed by atoms with Crippen LogP contribution < -0.4 is 0 Å². The second-order valence-electron chi connectivity index (χ2n) is 5.10. The Kier molecular flexibility index (Phi) is 5.65. The van der Waals surface area contributed by atoms with Crippen molar-refractivity contribution in [1.29, 1.82) is 0 Å². The Morgan fingerprint density at radius 1 is 1.05 bits per heavy atom. The number of ether oxygens (including phenoxy) is 1. The van der Waals surface area contributed by atoms with Crippen molar-refractivity contribution in [1.82, 2.24) is 0 Å². The minimum atomic E-state index is -6.26. The highest BCUT2D eigenvalue weighted by atomic mass is 19.4. The van der Waals surface area contributed by atoms with Gasteiger partial charge in [0.15, 0.2) is 0 Å². The van der Waals surface area contributed by atoms with Gasteiger partial charge in [0.05, 0.1) is 11.8 Å². The third-order valence-electron chi connectivity index (χ3n) is 2.85. The van der Waals surface area contributed by atoms with Gasteiger partial charge in [-0.05, 0) is 20.3 Å². The summed E-state index contributed by atoms with van der Waals surface area (Å²) in [4.78, 5) is 11.3. The summed E-state index contributed by atoms with van der Waals surface area (Å²) in [5, 5.41) is 0. The van der Waals surface area contributed by atoms with E-state index >= 15 is 0 Å². The summed E-state index contributed by atoms with van der Waals surface area (Å²) in [6.07, 6.45) is -13.3. The van der Waals surface area contributed by atoms with E-state index in [-0.39, 0.29) is 6.42 Å². The molecule has 1 atom stereocenters. The van der Waals surface area contributed by atoms with Crippen molar-refractivity contribution in [3.63, 3.8) is 0 Å². The van der Waals surface area contributed by atoms with Crippen LogP contribution in [0.5, 0.6) is 0 Å². The number of halogens is 8. The molecule has 21 heavy (non-hydrogen) atoms. The minimum absolute atomic E-state index is 0.0584. The predicted octanol–water partition coefficient (Wildman–Crippen LogP) is 4.48. The Balaban J connectivity index is 4.98. The van der Waals surface area contributed by atoms with E-state index in [0.717, 1.165) is 0 Å². The number of carbonyl (C=O) groups is 1. The zero-order valence-corrected chi connectivity index (χ0v) is 11.3. The molecular formula is C11H14F8O2. The van der Waals surface area contributed by atoms with E-state index in [1.54, 1.807) is 0 Å². The van der Waals surface area contributed by atoms with Gasteiger partial charge < -0.3 is 4.74 Å². The molecule has 10 heteroatoms. The van der Waals surface area contributed by atoms with Gasteiger partial charge in [-0.15, -0.1) is 0 Å². The highest BCUT2D eigenvalue weighted by molar-refractivity contribution is 5.75. The van der Waals surface area contributed by atoms with E-state index in [0.29, 0.717) is 0 Å². The van der Waals surface area contributed by atoms with E-state index < -0.39 is 42.2 Å². The molecule has 2 nitrogen and oxygen atoms in total. The Morgan fingerprint density at radius 3 is 1.81 bits per heavy atom. The van der Waals surface area contributed by atoms with Crippen LogP contribution in [0.1, 0.15) is 33.6 Å². The molecule has 0 N–H and O–H groups in total. The zero-order chi connectivity index (χ0) is 17.3. The number of hydrogen-bond acceptors (Lipinski definition) is 2. The van der Waals surface area contributed by atoms with Gasteiger partial charge in [-0.25, -0.2) is 0 Å². The van der Waals surface area contributed by atoms with E-state index in [1.807, 2.05) is 0 Å². The summed E-state index contributed by atoms with van der Waals surface area (Å²) in [5.41, 5.74) is -1.38. The molecule has 126 valence electrons. The van der Waals surface area contributed by atoms with Gasteiger partial charge >= 0.3 is 30.3 Å². The lowest BCUT2D eigenvalue weighted by Gasteiger charge is -2.28. The average molecular weight is 330 g/mol. The van der Waals surface area contributed by atoms with Gasteiger partial charge in [-0.3, -0.25) is 4.79 Å². The largest absolute Gasteiger partial charge is 0.453 e. The van der Waals surface area contributed by atoms with Gasteiger partial charge in [0.25, 0.3) is 0 Å². The van der Waals surface area contributed by atoms with E-state index in [9.17, 15) is 39.9 Å². The summed E-state index contributed by atoms with van der Waals surface area (Å²) in [6.45, 7) is 3.87. The first kappa shape index (κ1) is 19.9. The quantitative estimate of drug-likeness (QED) is 0.530. The van der Waals surface area contributed by atoms with Crippen molar-refractivity contribution in [2.75, 3.05) is 0 Å². The molecule has 0 aromatic rings. The van der Waals surface area contributed by atoms with Crippen molar-refractivity contribution in [3.05, 3.63) is 0 Å². The summed E-state index contributed by atoms with van der Waals surface area (Å²) >= 11 is 0. The molecule has 0 aliphatic rings. The summed E-state index contributed by atoms with van der Waals surface area (Å²) in [7, 11) is 0. The van der Waals surface area contributed by atoms with Crippen LogP contribution >= 0.6 is 0 Å². The Hall–Kier alpha value is -1.09. The first-order valence-corrected chi connectivity index (χ1v) is 5.74. The molecule has 0 heterocycles. The van der Waals surface area contributed by atoms with Crippen molar-refractivity contribution in [3.8, 4) is 0 Å². The zero-order valence-electron chi connectivity index (χ0n) is 11.3. The maximum atomic E-state index is 13.1. The maximum Gasteiger partial charge on any atom is 0.453 e. The van der Waals surface area contributed by atoms with Crippen LogP contribution in [0, 0.1) is 5.41 Å². The van der Waals surface area contributed by atoms with E-state index in [1.165, 1.54) is 20.8 Å². The molecule has 0 fully saturated rings. The third-order valence-corrected chi connectivity index (χ3v) is 2.85. The van der Waals surface area contributed by atoms with Gasteiger partial charge in [-0.1, -0.05) is 6.92 Å². The van der Waals surface area contributed by atoms with Crippen LogP contribution in [0.15, 0.2) is 0 Å². The summed E-state index contributed by atoms with van der Waals surface area (Å²) in [5.74, 6) is -12.5. The van der Waals surface area contributed by atoms with E-state index in [4.69, 9.17) is 0 Å². The first-order chi connectivity index (χ1) is 9.07. The molecular weight excluding hydrogens is 316 g/mol. The highest BCUT2D eigenvalue weighted by Gasteiger charge is 2.64. The molecule has 0 aromatic carbocycles. The van der Waals surface area contributed by atoms with Gasteiger partial charge in [0.2, 0.25) is 0 Å². The number of carbonyl (C=O) groups excluding carboxylic acids is 1. The maximum absolute atomic E-state index is 13.1. The molecule has 0 aromatic heterocycles. The third kappa shape index (κ3) is 4.99. The molecule has 0 aliphatic carbocycles. The molecule has 0 aliphatic heterocycles. The van der Waals surface area contributed by atoms with Crippen molar-refractivity contribution >= 4 is 5.97 Å². The normalized spacial score (nSPS) is 15.8. The monoisotopic (exact) mass is 330 g/mol. The number of esters is 1. The molecule has 0 spiro atoms. The van der Waals surface area contributed by atoms with Gasteiger partial charge in [0, 0.05) is 0 Å².